The molecule has 0 saturated carbocycles. The smallest absolute Gasteiger partial charge is 0.254 e. The topological polar surface area (TPSA) is 79.9 Å². The number of nitrogens with one attached hydrogen (secondary N) is 2. The van der Waals surface area contributed by atoms with Crippen molar-refractivity contribution in [3.8, 4) is 17.1 Å². The Morgan fingerprint density at radius 1 is 1.07 bits per heavy atom. The lowest BCUT2D eigenvalue weighted by Crippen LogP contribution is -2.26. The number of fused-ring (bicyclic) bond motifs is 1. The number of nitrogens with zero attached hydrogens (tertiary/aromatic N) is 2. The van der Waals surface area contributed by atoms with E-state index in [1.807, 2.05) is 36.4 Å². The molecule has 0 aliphatic heterocycles. The summed E-state index contributed by atoms with van der Waals surface area (Å²) in [4.78, 5) is 24.5. The molecule has 0 unspecified atom stereocenters. The quantitative estimate of drug-likeness (QED) is 0.526. The molecule has 2 aromatic heterocycles. The predicted octanol–water partition coefficient (Wildman–Crippen LogP) is 3.91. The molecule has 2 N–H and O–H groups in total. The summed E-state index contributed by atoms with van der Waals surface area (Å²) in [7, 11) is 1.61. The van der Waals surface area contributed by atoms with Crippen molar-refractivity contribution in [3.05, 3.63) is 77.7 Å². The molecule has 29 heavy (non-hydrogen) atoms. The molecule has 4 aromatic rings. The lowest BCUT2D eigenvalue weighted by Gasteiger charge is -2.08. The average Bonchev–Trinajstić information content (AvgIpc) is 3.09. The van der Waals surface area contributed by atoms with E-state index in [0.717, 1.165) is 23.2 Å². The summed E-state index contributed by atoms with van der Waals surface area (Å²) in [5.41, 5.74) is 4.69. The zero-order chi connectivity index (χ0) is 20.2. The van der Waals surface area contributed by atoms with Gasteiger partial charge in [0.1, 0.15) is 5.75 Å². The van der Waals surface area contributed by atoms with Gasteiger partial charge in [-0.1, -0.05) is 30.3 Å². The number of hydrogen-bond donors (Lipinski definition) is 2. The Morgan fingerprint density at radius 3 is 2.59 bits per heavy atom. The highest BCUT2D eigenvalue weighted by molar-refractivity contribution is 5.93. The fourth-order valence-corrected chi connectivity index (χ4v) is 3.47. The lowest BCUT2D eigenvalue weighted by atomic mass is 10.1. The molecule has 0 spiro atoms. The molecular weight excluding hydrogens is 364 g/mol. The third-order valence-corrected chi connectivity index (χ3v) is 4.95. The van der Waals surface area contributed by atoms with Crippen molar-refractivity contribution in [1.82, 2.24) is 20.3 Å². The number of H-pyrrole nitrogens is 1. The Morgan fingerprint density at radius 2 is 1.79 bits per heavy atom. The van der Waals surface area contributed by atoms with Crippen LogP contribution in [-0.4, -0.2) is 34.5 Å². The van der Waals surface area contributed by atoms with Gasteiger partial charge in [0.25, 0.3) is 5.91 Å². The molecule has 6 nitrogen and oxygen atoms in total. The van der Waals surface area contributed by atoms with Crippen LogP contribution in [0.25, 0.3) is 22.3 Å². The molecule has 2 aromatic carbocycles. The summed E-state index contributed by atoms with van der Waals surface area (Å²) in [6.45, 7) is 2.59. The van der Waals surface area contributed by atoms with Crippen LogP contribution in [0.4, 0.5) is 0 Å². The number of aromatic amines is 1. The second kappa shape index (κ2) is 8.14. The highest BCUT2D eigenvalue weighted by Gasteiger charge is 2.12. The van der Waals surface area contributed by atoms with Gasteiger partial charge in [0.15, 0.2) is 5.82 Å². The van der Waals surface area contributed by atoms with Crippen molar-refractivity contribution in [3.63, 3.8) is 0 Å². The van der Waals surface area contributed by atoms with Gasteiger partial charge in [0, 0.05) is 35.5 Å². The van der Waals surface area contributed by atoms with E-state index in [-0.39, 0.29) is 5.91 Å². The molecule has 0 fully saturated rings. The zero-order valence-corrected chi connectivity index (χ0v) is 16.4. The molecule has 1 amide bonds. The number of benzene rings is 2. The summed E-state index contributed by atoms with van der Waals surface area (Å²) >= 11 is 0. The summed E-state index contributed by atoms with van der Waals surface area (Å²) < 4.78 is 5.34. The minimum Gasteiger partial charge on any atom is -0.496 e. The van der Waals surface area contributed by atoms with Crippen molar-refractivity contribution >= 4 is 16.8 Å². The summed E-state index contributed by atoms with van der Waals surface area (Å²) in [6.07, 6.45) is 3.84. The summed E-state index contributed by atoms with van der Waals surface area (Å²) in [5, 5.41) is 4.15. The van der Waals surface area contributed by atoms with Crippen LogP contribution in [-0.2, 0) is 6.42 Å². The Labute approximate surface area is 169 Å². The van der Waals surface area contributed by atoms with Crippen LogP contribution in [0.3, 0.4) is 0 Å². The van der Waals surface area contributed by atoms with Gasteiger partial charge < -0.3 is 15.0 Å². The highest BCUT2D eigenvalue weighted by Crippen LogP contribution is 2.26. The zero-order valence-electron chi connectivity index (χ0n) is 16.4. The number of carbonyl (C=O) groups excluding carboxylic acids is 1. The number of hydrogen-bond acceptors (Lipinski definition) is 4. The highest BCUT2D eigenvalue weighted by atomic mass is 16.5. The maximum Gasteiger partial charge on any atom is 0.254 e. The fourth-order valence-electron chi connectivity index (χ4n) is 3.47. The fraction of sp³-hybridized carbons (Fsp3) is 0.174. The van der Waals surface area contributed by atoms with Gasteiger partial charge in [0.2, 0.25) is 0 Å². The van der Waals surface area contributed by atoms with E-state index in [0.29, 0.717) is 23.7 Å². The molecule has 0 aliphatic carbocycles. The van der Waals surface area contributed by atoms with Crippen molar-refractivity contribution < 1.29 is 9.53 Å². The number of aryl methyl sites for hydroxylation is 1. The number of rotatable bonds is 6. The van der Waals surface area contributed by atoms with Gasteiger partial charge >= 0.3 is 0 Å². The van der Waals surface area contributed by atoms with Crippen molar-refractivity contribution in [2.75, 3.05) is 13.7 Å². The van der Waals surface area contributed by atoms with E-state index in [1.165, 1.54) is 10.9 Å². The molecule has 0 bridgehead atoms. The van der Waals surface area contributed by atoms with Crippen molar-refractivity contribution in [2.45, 2.75) is 13.3 Å². The molecule has 6 heteroatoms. The average molecular weight is 386 g/mol. The molecule has 4 rings (SSSR count). The van der Waals surface area contributed by atoms with E-state index in [2.05, 4.69) is 39.3 Å². The number of methoxy groups -OCH3 is 1. The number of ether oxygens (including phenoxy) is 1. The van der Waals surface area contributed by atoms with E-state index < -0.39 is 0 Å². The maximum absolute atomic E-state index is 12.5. The maximum atomic E-state index is 12.5. The molecule has 0 radical (unpaired) electrons. The van der Waals surface area contributed by atoms with Crippen molar-refractivity contribution in [1.29, 1.82) is 0 Å². The van der Waals surface area contributed by atoms with Crippen LogP contribution >= 0.6 is 0 Å². The van der Waals surface area contributed by atoms with Crippen LogP contribution < -0.4 is 10.1 Å². The van der Waals surface area contributed by atoms with Gasteiger partial charge in [-0.05, 0) is 37.1 Å². The van der Waals surface area contributed by atoms with E-state index in [4.69, 9.17) is 4.74 Å². The first-order valence-electron chi connectivity index (χ1n) is 9.47. The van der Waals surface area contributed by atoms with Crippen molar-refractivity contribution in [2.24, 2.45) is 0 Å². The van der Waals surface area contributed by atoms with Crippen LogP contribution in [0.2, 0.25) is 0 Å². The minimum absolute atomic E-state index is 0.186. The Hall–Kier alpha value is -3.67. The van der Waals surface area contributed by atoms with Crippen LogP contribution in [0.5, 0.6) is 5.75 Å². The minimum atomic E-state index is -0.186. The lowest BCUT2D eigenvalue weighted by molar-refractivity contribution is 0.0953. The second-order valence-corrected chi connectivity index (χ2v) is 6.78. The van der Waals surface area contributed by atoms with Crippen LogP contribution in [0, 0.1) is 6.92 Å². The van der Waals surface area contributed by atoms with Gasteiger partial charge in [0.05, 0.1) is 18.2 Å². The molecule has 2 heterocycles. The SMILES string of the molecule is COc1ccccc1-c1ncc(C(=O)NCCc2c(C)[nH]c3ccccc23)cn1. The standard InChI is InChI=1S/C23H22N4O2/c1-15-17(18-7-3-5-9-20(18)27-15)11-12-24-23(28)16-13-25-22(26-14-16)19-8-4-6-10-21(19)29-2/h3-10,13-14,27H,11-12H2,1-2H3,(H,24,28). The number of carbonyl (C=O) groups is 1. The van der Waals surface area contributed by atoms with Gasteiger partial charge in [-0.3, -0.25) is 4.79 Å². The number of aromatic nitrogens is 3. The van der Waals surface area contributed by atoms with Crippen LogP contribution in [0.15, 0.2) is 60.9 Å². The van der Waals surface area contributed by atoms with E-state index >= 15 is 0 Å². The summed E-state index contributed by atoms with van der Waals surface area (Å²) in [6, 6.07) is 15.7. The van der Waals surface area contributed by atoms with E-state index in [9.17, 15) is 4.79 Å². The number of para-hydroxylation sites is 2. The van der Waals surface area contributed by atoms with Gasteiger partial charge in [-0.2, -0.15) is 0 Å². The Balaban J connectivity index is 1.42. The van der Waals surface area contributed by atoms with Gasteiger partial charge in [-0.25, -0.2) is 9.97 Å². The summed E-state index contributed by atoms with van der Waals surface area (Å²) in [5.74, 6) is 1.03. The molecule has 146 valence electrons. The van der Waals surface area contributed by atoms with E-state index in [1.54, 1.807) is 19.5 Å². The Bertz CT molecular complexity index is 1150. The first-order chi connectivity index (χ1) is 14.2. The Kier molecular flexibility index (Phi) is 5.24. The third-order valence-electron chi connectivity index (χ3n) is 4.95. The molecular formula is C23H22N4O2. The monoisotopic (exact) mass is 386 g/mol. The normalized spacial score (nSPS) is 10.8. The largest absolute Gasteiger partial charge is 0.496 e. The second-order valence-electron chi connectivity index (χ2n) is 6.78. The van der Waals surface area contributed by atoms with Crippen LogP contribution in [0.1, 0.15) is 21.6 Å². The number of amides is 1. The third kappa shape index (κ3) is 3.82. The molecule has 0 aliphatic rings. The molecule has 0 saturated heterocycles. The first-order valence-corrected chi connectivity index (χ1v) is 9.47. The van der Waals surface area contributed by atoms with Gasteiger partial charge in [-0.15, -0.1) is 0 Å². The molecule has 0 atom stereocenters. The predicted molar refractivity (Wildman–Crippen MR) is 113 cm³/mol. The first kappa shape index (κ1) is 18.7.